The van der Waals surface area contributed by atoms with Crippen LogP contribution in [-0.2, 0) is 4.74 Å². The monoisotopic (exact) mass is 315 g/mol. The second-order valence-corrected chi connectivity index (χ2v) is 6.12. The SMILES string of the molecule is O=C(c1cccnc1NCCC1=CCOCC1)N1CCCCC1. The van der Waals surface area contributed by atoms with Gasteiger partial charge in [0.25, 0.3) is 5.91 Å². The number of hydrogen-bond donors (Lipinski definition) is 1. The van der Waals surface area contributed by atoms with Gasteiger partial charge in [-0.2, -0.15) is 0 Å². The van der Waals surface area contributed by atoms with Crippen molar-refractivity contribution < 1.29 is 9.53 Å². The summed E-state index contributed by atoms with van der Waals surface area (Å²) >= 11 is 0. The Morgan fingerprint density at radius 2 is 2.17 bits per heavy atom. The number of anilines is 1. The fourth-order valence-corrected chi connectivity index (χ4v) is 3.12. The van der Waals surface area contributed by atoms with Gasteiger partial charge in [0.2, 0.25) is 0 Å². The Kier molecular flexibility index (Phi) is 5.64. The van der Waals surface area contributed by atoms with Crippen molar-refractivity contribution in [3.8, 4) is 0 Å². The summed E-state index contributed by atoms with van der Waals surface area (Å²) in [7, 11) is 0. The van der Waals surface area contributed by atoms with Gasteiger partial charge in [0.05, 0.1) is 18.8 Å². The summed E-state index contributed by atoms with van der Waals surface area (Å²) in [5.41, 5.74) is 2.11. The summed E-state index contributed by atoms with van der Waals surface area (Å²) in [4.78, 5) is 19.0. The van der Waals surface area contributed by atoms with Gasteiger partial charge in [-0.05, 0) is 44.2 Å². The van der Waals surface area contributed by atoms with Gasteiger partial charge in [-0.3, -0.25) is 4.79 Å². The van der Waals surface area contributed by atoms with Gasteiger partial charge in [0.1, 0.15) is 5.82 Å². The Hall–Kier alpha value is -1.88. The molecule has 2 aliphatic rings. The van der Waals surface area contributed by atoms with E-state index < -0.39 is 0 Å². The van der Waals surface area contributed by atoms with Gasteiger partial charge in [-0.25, -0.2) is 4.98 Å². The van der Waals surface area contributed by atoms with E-state index in [1.54, 1.807) is 6.20 Å². The predicted molar refractivity (Wildman–Crippen MR) is 90.6 cm³/mol. The molecule has 0 radical (unpaired) electrons. The summed E-state index contributed by atoms with van der Waals surface area (Å²) in [6, 6.07) is 3.71. The smallest absolute Gasteiger partial charge is 0.257 e. The van der Waals surface area contributed by atoms with E-state index in [9.17, 15) is 4.79 Å². The molecule has 5 heteroatoms. The molecule has 1 amide bonds. The fraction of sp³-hybridized carbons (Fsp3) is 0.556. The van der Waals surface area contributed by atoms with Crippen LogP contribution >= 0.6 is 0 Å². The van der Waals surface area contributed by atoms with Crippen LogP contribution in [0.2, 0.25) is 0 Å². The van der Waals surface area contributed by atoms with Crippen LogP contribution in [0.4, 0.5) is 5.82 Å². The van der Waals surface area contributed by atoms with Crippen LogP contribution in [0, 0.1) is 0 Å². The lowest BCUT2D eigenvalue weighted by Gasteiger charge is -2.27. The van der Waals surface area contributed by atoms with E-state index in [4.69, 9.17) is 4.74 Å². The number of nitrogens with zero attached hydrogens (tertiary/aromatic N) is 2. The first-order valence-corrected chi connectivity index (χ1v) is 8.58. The summed E-state index contributed by atoms with van der Waals surface area (Å²) < 4.78 is 5.32. The van der Waals surface area contributed by atoms with Crippen LogP contribution in [0.15, 0.2) is 30.0 Å². The zero-order chi connectivity index (χ0) is 15.9. The van der Waals surface area contributed by atoms with Crippen LogP contribution in [0.5, 0.6) is 0 Å². The van der Waals surface area contributed by atoms with Gasteiger partial charge in [-0.15, -0.1) is 0 Å². The quantitative estimate of drug-likeness (QED) is 0.849. The Morgan fingerprint density at radius 3 is 2.96 bits per heavy atom. The highest BCUT2D eigenvalue weighted by molar-refractivity contribution is 5.98. The van der Waals surface area contributed by atoms with Crippen molar-refractivity contribution in [1.82, 2.24) is 9.88 Å². The maximum Gasteiger partial charge on any atom is 0.257 e. The number of carbonyl (C=O) groups is 1. The number of piperidine rings is 1. The van der Waals surface area contributed by atoms with Crippen LogP contribution in [0.1, 0.15) is 42.5 Å². The normalized spacial score (nSPS) is 18.4. The van der Waals surface area contributed by atoms with Crippen molar-refractivity contribution in [1.29, 1.82) is 0 Å². The number of amides is 1. The molecule has 0 bridgehead atoms. The molecule has 0 unspecified atom stereocenters. The molecule has 23 heavy (non-hydrogen) atoms. The van der Waals surface area contributed by atoms with Crippen molar-refractivity contribution in [3.63, 3.8) is 0 Å². The lowest BCUT2D eigenvalue weighted by Crippen LogP contribution is -2.36. The van der Waals surface area contributed by atoms with Gasteiger partial charge in [0, 0.05) is 25.8 Å². The van der Waals surface area contributed by atoms with Crippen LogP contribution in [0.3, 0.4) is 0 Å². The average molecular weight is 315 g/mol. The minimum absolute atomic E-state index is 0.102. The number of pyridine rings is 1. The highest BCUT2D eigenvalue weighted by Gasteiger charge is 2.21. The minimum atomic E-state index is 0.102. The molecule has 1 aromatic heterocycles. The third-order valence-electron chi connectivity index (χ3n) is 4.48. The Bertz CT molecular complexity index is 565. The molecule has 0 aliphatic carbocycles. The molecule has 0 saturated carbocycles. The third-order valence-corrected chi connectivity index (χ3v) is 4.48. The largest absolute Gasteiger partial charge is 0.377 e. The molecule has 3 heterocycles. The zero-order valence-electron chi connectivity index (χ0n) is 13.6. The first-order valence-electron chi connectivity index (χ1n) is 8.58. The van der Waals surface area contributed by atoms with E-state index in [2.05, 4.69) is 16.4 Å². The molecule has 2 aliphatic heterocycles. The number of hydrogen-bond acceptors (Lipinski definition) is 4. The molecule has 0 atom stereocenters. The van der Waals surface area contributed by atoms with E-state index in [0.29, 0.717) is 11.4 Å². The lowest BCUT2D eigenvalue weighted by molar-refractivity contribution is 0.0725. The molecule has 0 spiro atoms. The average Bonchev–Trinajstić information content (AvgIpc) is 2.63. The molecule has 0 aromatic carbocycles. The van der Waals surface area contributed by atoms with Crippen molar-refractivity contribution in [3.05, 3.63) is 35.5 Å². The number of carbonyl (C=O) groups excluding carboxylic acids is 1. The molecule has 1 fully saturated rings. The topological polar surface area (TPSA) is 54.5 Å². The number of likely N-dealkylation sites (tertiary alicyclic amines) is 1. The first-order chi connectivity index (χ1) is 11.3. The minimum Gasteiger partial charge on any atom is -0.377 e. The van der Waals surface area contributed by atoms with Crippen LogP contribution in [-0.4, -0.2) is 48.6 Å². The van der Waals surface area contributed by atoms with Crippen LogP contribution in [0.25, 0.3) is 0 Å². The van der Waals surface area contributed by atoms with Gasteiger partial charge in [0.15, 0.2) is 0 Å². The van der Waals surface area contributed by atoms with Gasteiger partial charge in [-0.1, -0.05) is 11.6 Å². The number of rotatable bonds is 5. The maximum atomic E-state index is 12.7. The third kappa shape index (κ3) is 4.32. The summed E-state index contributed by atoms with van der Waals surface area (Å²) in [6.07, 6.45) is 9.30. The Morgan fingerprint density at radius 1 is 1.30 bits per heavy atom. The lowest BCUT2D eigenvalue weighted by atomic mass is 10.1. The van der Waals surface area contributed by atoms with Gasteiger partial charge < -0.3 is 15.0 Å². The standard InChI is InChI=1S/C18H25N3O2/c22-18(21-11-2-1-3-12-21)16-5-4-9-19-17(16)20-10-6-15-7-13-23-14-8-15/h4-5,7,9H,1-3,6,8,10-14H2,(H,19,20). The second-order valence-electron chi connectivity index (χ2n) is 6.12. The molecule has 3 rings (SSSR count). The second kappa shape index (κ2) is 8.11. The Labute approximate surface area is 137 Å². The molecule has 1 aromatic rings. The van der Waals surface area contributed by atoms with Crippen molar-refractivity contribution in [2.75, 3.05) is 38.2 Å². The fourth-order valence-electron chi connectivity index (χ4n) is 3.12. The number of aromatic nitrogens is 1. The van der Waals surface area contributed by atoms with Crippen LogP contribution < -0.4 is 5.32 Å². The van der Waals surface area contributed by atoms with E-state index in [0.717, 1.165) is 58.5 Å². The van der Waals surface area contributed by atoms with Crippen molar-refractivity contribution in [2.45, 2.75) is 32.1 Å². The zero-order valence-corrected chi connectivity index (χ0v) is 13.6. The Balaban J connectivity index is 1.60. The van der Waals surface area contributed by atoms with Gasteiger partial charge >= 0.3 is 0 Å². The molecule has 1 saturated heterocycles. The molecule has 1 N–H and O–H groups in total. The van der Waals surface area contributed by atoms with Crippen molar-refractivity contribution >= 4 is 11.7 Å². The first kappa shape index (κ1) is 16.0. The van der Waals surface area contributed by atoms with E-state index in [1.807, 2.05) is 17.0 Å². The highest BCUT2D eigenvalue weighted by atomic mass is 16.5. The van der Waals surface area contributed by atoms with E-state index in [1.165, 1.54) is 12.0 Å². The van der Waals surface area contributed by atoms with Crippen molar-refractivity contribution in [2.24, 2.45) is 0 Å². The predicted octanol–water partition coefficient (Wildman–Crippen LogP) is 2.86. The van der Waals surface area contributed by atoms with E-state index in [-0.39, 0.29) is 5.91 Å². The molecule has 124 valence electrons. The molecular formula is C18H25N3O2. The van der Waals surface area contributed by atoms with E-state index >= 15 is 0 Å². The molecular weight excluding hydrogens is 290 g/mol. The molecule has 5 nitrogen and oxygen atoms in total. The summed E-state index contributed by atoms with van der Waals surface area (Å²) in [5.74, 6) is 0.807. The highest BCUT2D eigenvalue weighted by Crippen LogP contribution is 2.19. The number of ether oxygens (including phenoxy) is 1. The number of nitrogens with one attached hydrogen (secondary N) is 1. The maximum absolute atomic E-state index is 12.7. The summed E-state index contributed by atoms with van der Waals surface area (Å²) in [5, 5.41) is 3.34. The summed E-state index contributed by atoms with van der Waals surface area (Å²) in [6.45, 7) is 4.05.